The maximum atomic E-state index is 12.1. The molecule has 0 radical (unpaired) electrons. The number of carbonyl (C=O) groups excluding carboxylic acids is 1. The summed E-state index contributed by atoms with van der Waals surface area (Å²) in [5.74, 6) is -1.43. The Morgan fingerprint density at radius 3 is 2.82 bits per heavy atom. The molecule has 1 aliphatic carbocycles. The Balaban J connectivity index is 2.02. The van der Waals surface area contributed by atoms with Crippen molar-refractivity contribution in [2.45, 2.75) is 35.3 Å². The molecule has 0 bridgehead atoms. The number of amides is 1. The summed E-state index contributed by atoms with van der Waals surface area (Å²) >= 11 is 1.44. The first-order chi connectivity index (χ1) is 8.12. The number of furan rings is 1. The molecule has 0 unspecified atom stereocenters. The predicted octanol–water partition coefficient (Wildman–Crippen LogP) is 2.33. The number of thioether (sulfide) groups is 1. The highest BCUT2D eigenvalue weighted by Gasteiger charge is 2.47. The van der Waals surface area contributed by atoms with Crippen LogP contribution in [0.5, 0.6) is 0 Å². The molecule has 0 aromatic carbocycles. The summed E-state index contributed by atoms with van der Waals surface area (Å²) in [6, 6.07) is 0. The van der Waals surface area contributed by atoms with Gasteiger partial charge in [-0.15, -0.1) is 11.8 Å². The number of anilines is 1. The van der Waals surface area contributed by atoms with Crippen molar-refractivity contribution < 1.29 is 19.1 Å². The summed E-state index contributed by atoms with van der Waals surface area (Å²) < 4.78 is 4.58. The summed E-state index contributed by atoms with van der Waals surface area (Å²) in [6.07, 6.45) is 5.19. The van der Waals surface area contributed by atoms with Gasteiger partial charge in [0.05, 0.1) is 9.64 Å². The molecule has 2 heterocycles. The molecule has 2 N–H and O–H groups in total. The molecule has 90 valence electrons. The highest BCUT2D eigenvalue weighted by Crippen LogP contribution is 2.52. The maximum Gasteiger partial charge on any atom is 0.374 e. The summed E-state index contributed by atoms with van der Waals surface area (Å²) in [4.78, 5) is 23.7. The van der Waals surface area contributed by atoms with Crippen LogP contribution in [-0.2, 0) is 4.79 Å². The van der Waals surface area contributed by atoms with Crippen molar-refractivity contribution in [1.82, 2.24) is 0 Å². The molecule has 3 rings (SSSR count). The molecular formula is C11H11NO4S. The van der Waals surface area contributed by atoms with Crippen molar-refractivity contribution in [3.8, 4) is 0 Å². The highest BCUT2D eigenvalue weighted by atomic mass is 32.2. The van der Waals surface area contributed by atoms with Gasteiger partial charge < -0.3 is 14.8 Å². The molecule has 5 nitrogen and oxygen atoms in total. The van der Waals surface area contributed by atoms with E-state index in [9.17, 15) is 9.59 Å². The third kappa shape index (κ3) is 1.47. The zero-order valence-corrected chi connectivity index (χ0v) is 9.80. The van der Waals surface area contributed by atoms with Crippen molar-refractivity contribution in [2.75, 3.05) is 5.32 Å². The molecule has 1 aliphatic heterocycles. The van der Waals surface area contributed by atoms with Gasteiger partial charge in [0.1, 0.15) is 12.0 Å². The first kappa shape index (κ1) is 10.7. The fourth-order valence-electron chi connectivity index (χ4n) is 2.45. The molecule has 0 atom stereocenters. The summed E-state index contributed by atoms with van der Waals surface area (Å²) in [7, 11) is 0. The van der Waals surface area contributed by atoms with Gasteiger partial charge in [-0.25, -0.2) is 4.79 Å². The largest absolute Gasteiger partial charge is 0.475 e. The van der Waals surface area contributed by atoms with E-state index >= 15 is 0 Å². The normalized spacial score (nSPS) is 21.3. The van der Waals surface area contributed by atoms with E-state index in [0.717, 1.165) is 30.6 Å². The molecule has 1 aromatic heterocycles. The average Bonchev–Trinajstić information content (AvgIpc) is 2.87. The number of hydrogen-bond donors (Lipinski definition) is 2. The number of carbonyl (C=O) groups is 2. The average molecular weight is 253 g/mol. The van der Waals surface area contributed by atoms with Gasteiger partial charge in [-0.2, -0.15) is 0 Å². The topological polar surface area (TPSA) is 79.5 Å². The van der Waals surface area contributed by atoms with Crippen molar-refractivity contribution in [2.24, 2.45) is 0 Å². The number of carboxylic acid groups (broad SMARTS) is 1. The zero-order chi connectivity index (χ0) is 12.0. The number of hydrogen-bond acceptors (Lipinski definition) is 4. The Hall–Kier alpha value is -1.43. The number of nitrogens with one attached hydrogen (secondary N) is 1. The SMILES string of the molecule is O=C(O)c1occ2c1NC(=O)C1(CCCC1)S2. The second-order valence-corrected chi connectivity index (χ2v) is 5.79. The lowest BCUT2D eigenvalue weighted by molar-refractivity contribution is -0.118. The van der Waals surface area contributed by atoms with Gasteiger partial charge in [0, 0.05) is 0 Å². The quantitative estimate of drug-likeness (QED) is 0.803. The molecule has 6 heteroatoms. The standard InChI is InChI=1S/C11H11NO4S/c13-9(14)8-7-6(5-16-8)17-11(10(15)12-7)3-1-2-4-11/h5H,1-4H2,(H,12,15)(H,13,14). The second kappa shape index (κ2) is 3.53. The monoisotopic (exact) mass is 253 g/mol. The molecule has 1 fully saturated rings. The Bertz CT molecular complexity index is 502. The van der Waals surface area contributed by atoms with Crippen LogP contribution in [0, 0.1) is 0 Å². The minimum Gasteiger partial charge on any atom is -0.475 e. The van der Waals surface area contributed by atoms with E-state index in [2.05, 4.69) is 5.32 Å². The minimum absolute atomic E-state index is 0.0867. The van der Waals surface area contributed by atoms with Gasteiger partial charge in [-0.1, -0.05) is 12.8 Å². The highest BCUT2D eigenvalue weighted by molar-refractivity contribution is 8.01. The number of fused-ring (bicyclic) bond motifs is 1. The minimum atomic E-state index is -1.16. The van der Waals surface area contributed by atoms with Crippen molar-refractivity contribution >= 4 is 29.3 Å². The van der Waals surface area contributed by atoms with Crippen LogP contribution in [0.25, 0.3) is 0 Å². The van der Waals surface area contributed by atoms with E-state index in [1.165, 1.54) is 18.0 Å². The van der Waals surface area contributed by atoms with Crippen LogP contribution in [0.1, 0.15) is 36.2 Å². The lowest BCUT2D eigenvalue weighted by Crippen LogP contribution is -2.40. The van der Waals surface area contributed by atoms with Crippen LogP contribution in [0.2, 0.25) is 0 Å². The Kier molecular flexibility index (Phi) is 2.22. The Labute approximate surface area is 102 Å². The first-order valence-corrected chi connectivity index (χ1v) is 6.29. The summed E-state index contributed by atoms with van der Waals surface area (Å²) in [6.45, 7) is 0. The van der Waals surface area contributed by atoms with E-state index in [1.807, 2.05) is 0 Å². The third-order valence-electron chi connectivity index (χ3n) is 3.32. The predicted molar refractivity (Wildman–Crippen MR) is 61.4 cm³/mol. The summed E-state index contributed by atoms with van der Waals surface area (Å²) in [5.41, 5.74) is 0.310. The van der Waals surface area contributed by atoms with Gasteiger partial charge in [0.15, 0.2) is 0 Å². The maximum absolute atomic E-state index is 12.1. The van der Waals surface area contributed by atoms with E-state index in [1.54, 1.807) is 0 Å². The second-order valence-electron chi connectivity index (χ2n) is 4.37. The van der Waals surface area contributed by atoms with Crippen LogP contribution < -0.4 is 5.32 Å². The molecule has 1 amide bonds. The molecule has 1 spiro atoms. The fourth-order valence-corrected chi connectivity index (χ4v) is 3.85. The van der Waals surface area contributed by atoms with Crippen LogP contribution in [0.4, 0.5) is 5.69 Å². The van der Waals surface area contributed by atoms with Crippen LogP contribution >= 0.6 is 11.8 Å². The summed E-state index contributed by atoms with van der Waals surface area (Å²) in [5, 5.41) is 11.6. The van der Waals surface area contributed by atoms with Gasteiger partial charge in [-0.05, 0) is 12.8 Å². The zero-order valence-electron chi connectivity index (χ0n) is 8.99. The van der Waals surface area contributed by atoms with Crippen LogP contribution in [-0.4, -0.2) is 21.7 Å². The van der Waals surface area contributed by atoms with Crippen molar-refractivity contribution in [3.05, 3.63) is 12.0 Å². The molecule has 1 aromatic rings. The van der Waals surface area contributed by atoms with Gasteiger partial charge in [0.2, 0.25) is 11.7 Å². The van der Waals surface area contributed by atoms with E-state index in [0.29, 0.717) is 5.69 Å². The Morgan fingerprint density at radius 1 is 1.47 bits per heavy atom. The first-order valence-electron chi connectivity index (χ1n) is 5.48. The van der Waals surface area contributed by atoms with Gasteiger partial charge in [0.25, 0.3) is 0 Å². The van der Waals surface area contributed by atoms with Crippen molar-refractivity contribution in [1.29, 1.82) is 0 Å². The number of aromatic carboxylic acids is 1. The molecule has 17 heavy (non-hydrogen) atoms. The van der Waals surface area contributed by atoms with Crippen LogP contribution in [0.3, 0.4) is 0 Å². The molecular weight excluding hydrogens is 242 g/mol. The fraction of sp³-hybridized carbons (Fsp3) is 0.455. The lowest BCUT2D eigenvalue weighted by Gasteiger charge is -2.30. The lowest BCUT2D eigenvalue weighted by atomic mass is 10.1. The van der Waals surface area contributed by atoms with E-state index < -0.39 is 10.7 Å². The van der Waals surface area contributed by atoms with E-state index in [4.69, 9.17) is 9.52 Å². The molecule has 0 saturated heterocycles. The van der Waals surface area contributed by atoms with Gasteiger partial charge in [-0.3, -0.25) is 4.79 Å². The third-order valence-corrected chi connectivity index (χ3v) is 4.83. The molecule has 2 aliphatic rings. The number of carboxylic acids is 1. The number of rotatable bonds is 1. The van der Waals surface area contributed by atoms with Crippen LogP contribution in [0.15, 0.2) is 15.6 Å². The van der Waals surface area contributed by atoms with Gasteiger partial charge >= 0.3 is 5.97 Å². The van der Waals surface area contributed by atoms with E-state index in [-0.39, 0.29) is 11.7 Å². The smallest absolute Gasteiger partial charge is 0.374 e. The van der Waals surface area contributed by atoms with Crippen molar-refractivity contribution in [3.63, 3.8) is 0 Å². The Morgan fingerprint density at radius 2 is 2.18 bits per heavy atom. The molecule has 1 saturated carbocycles.